The third-order valence-corrected chi connectivity index (χ3v) is 3.61. The molecule has 0 aliphatic carbocycles. The van der Waals surface area contributed by atoms with Crippen LogP contribution in [0.25, 0.3) is 0 Å². The van der Waals surface area contributed by atoms with Crippen LogP contribution in [0, 0.1) is 5.82 Å². The van der Waals surface area contributed by atoms with Gasteiger partial charge in [0.15, 0.2) is 0 Å². The second-order valence-electron chi connectivity index (χ2n) is 4.60. The summed E-state index contributed by atoms with van der Waals surface area (Å²) in [4.78, 5) is 4.72. The first-order valence-corrected chi connectivity index (χ1v) is 6.56. The molecule has 0 spiro atoms. The Morgan fingerprint density at radius 2 is 1.89 bits per heavy atom. The first-order chi connectivity index (χ1) is 8.69. The van der Waals surface area contributed by atoms with Crippen LogP contribution in [0.3, 0.4) is 0 Å². The summed E-state index contributed by atoms with van der Waals surface area (Å²) < 4.78 is 12.9. The van der Waals surface area contributed by atoms with E-state index in [0.29, 0.717) is 5.02 Å². The normalized spacial score (nSPS) is 17.9. The van der Waals surface area contributed by atoms with Gasteiger partial charge in [0.2, 0.25) is 0 Å². The van der Waals surface area contributed by atoms with Crippen molar-refractivity contribution in [2.24, 2.45) is 0 Å². The number of benzene rings is 1. The fraction of sp³-hybridized carbons (Fsp3) is 0.429. The van der Waals surface area contributed by atoms with Crippen molar-refractivity contribution in [2.45, 2.75) is 6.54 Å². The average Bonchev–Trinajstić information content (AvgIpc) is 2.35. The molecule has 0 unspecified atom stereocenters. The Labute approximate surface area is 113 Å². The summed E-state index contributed by atoms with van der Waals surface area (Å²) in [6.45, 7) is 9.62. The Morgan fingerprint density at radius 3 is 2.50 bits per heavy atom. The molecule has 98 valence electrons. The molecule has 1 aliphatic heterocycles. The van der Waals surface area contributed by atoms with Crippen LogP contribution < -0.4 is 0 Å². The lowest BCUT2D eigenvalue weighted by atomic mass is 10.2. The van der Waals surface area contributed by atoms with Gasteiger partial charge in [-0.3, -0.25) is 9.80 Å². The summed E-state index contributed by atoms with van der Waals surface area (Å²) in [5, 5.41) is 0.517. The largest absolute Gasteiger partial charge is 0.297 e. The Balaban J connectivity index is 1.89. The lowest BCUT2D eigenvalue weighted by Gasteiger charge is -2.34. The number of nitrogens with zero attached hydrogens (tertiary/aromatic N) is 2. The maximum absolute atomic E-state index is 12.9. The van der Waals surface area contributed by atoms with Gasteiger partial charge in [-0.15, -0.1) is 6.58 Å². The number of hydrogen-bond donors (Lipinski definition) is 0. The predicted octanol–water partition coefficient (Wildman–Crippen LogP) is 2.78. The van der Waals surface area contributed by atoms with Crippen LogP contribution in [0.1, 0.15) is 5.56 Å². The highest BCUT2D eigenvalue weighted by Crippen LogP contribution is 2.19. The lowest BCUT2D eigenvalue weighted by molar-refractivity contribution is 0.137. The minimum atomic E-state index is -0.278. The Kier molecular flexibility index (Phi) is 4.75. The molecule has 1 saturated heterocycles. The molecule has 4 heteroatoms. The molecule has 1 fully saturated rings. The van der Waals surface area contributed by atoms with E-state index in [4.69, 9.17) is 11.6 Å². The number of halogens is 2. The number of piperazine rings is 1. The molecule has 0 radical (unpaired) electrons. The van der Waals surface area contributed by atoms with E-state index in [1.807, 2.05) is 6.08 Å². The maximum atomic E-state index is 12.9. The fourth-order valence-corrected chi connectivity index (χ4v) is 2.43. The summed E-state index contributed by atoms with van der Waals surface area (Å²) in [7, 11) is 0. The van der Waals surface area contributed by atoms with Crippen LogP contribution in [0.5, 0.6) is 0 Å². The lowest BCUT2D eigenvalue weighted by Crippen LogP contribution is -2.45. The minimum absolute atomic E-state index is 0.278. The topological polar surface area (TPSA) is 6.48 Å². The summed E-state index contributed by atoms with van der Waals surface area (Å²) in [5.41, 5.74) is 0.996. The van der Waals surface area contributed by atoms with Crippen LogP contribution in [-0.2, 0) is 6.54 Å². The van der Waals surface area contributed by atoms with Gasteiger partial charge in [0.05, 0.1) is 0 Å². The van der Waals surface area contributed by atoms with Gasteiger partial charge in [-0.2, -0.15) is 0 Å². The molecule has 0 amide bonds. The van der Waals surface area contributed by atoms with Crippen LogP contribution in [0.2, 0.25) is 5.02 Å². The molecule has 1 aromatic rings. The van der Waals surface area contributed by atoms with E-state index in [0.717, 1.165) is 44.8 Å². The molecule has 1 aromatic carbocycles. The van der Waals surface area contributed by atoms with E-state index < -0.39 is 0 Å². The van der Waals surface area contributed by atoms with E-state index in [9.17, 15) is 4.39 Å². The van der Waals surface area contributed by atoms with Crippen LogP contribution in [-0.4, -0.2) is 42.5 Å². The quantitative estimate of drug-likeness (QED) is 0.775. The van der Waals surface area contributed by atoms with E-state index in [2.05, 4.69) is 16.4 Å². The SMILES string of the molecule is C=CCN1CCN(Cc2ccc(F)cc2Cl)CC1. The highest BCUT2D eigenvalue weighted by atomic mass is 35.5. The minimum Gasteiger partial charge on any atom is -0.297 e. The van der Waals surface area contributed by atoms with E-state index in [1.165, 1.54) is 12.1 Å². The third-order valence-electron chi connectivity index (χ3n) is 3.26. The summed E-state index contributed by atoms with van der Waals surface area (Å²) in [6.07, 6.45) is 1.94. The van der Waals surface area contributed by atoms with Crippen LogP contribution in [0.15, 0.2) is 30.9 Å². The highest BCUT2D eigenvalue weighted by molar-refractivity contribution is 6.31. The van der Waals surface area contributed by atoms with E-state index in [1.54, 1.807) is 6.07 Å². The smallest absolute Gasteiger partial charge is 0.124 e. The first kappa shape index (κ1) is 13.5. The van der Waals surface area contributed by atoms with Crippen molar-refractivity contribution in [2.75, 3.05) is 32.7 Å². The van der Waals surface area contributed by atoms with Gasteiger partial charge in [0, 0.05) is 44.3 Å². The summed E-state index contributed by atoms with van der Waals surface area (Å²) >= 11 is 6.04. The fourth-order valence-electron chi connectivity index (χ4n) is 2.20. The zero-order valence-corrected chi connectivity index (χ0v) is 11.2. The Hall–Kier alpha value is -0.900. The molecule has 0 atom stereocenters. The maximum Gasteiger partial charge on any atom is 0.124 e. The van der Waals surface area contributed by atoms with Crippen molar-refractivity contribution in [3.8, 4) is 0 Å². The molecule has 0 aromatic heterocycles. The van der Waals surface area contributed by atoms with Gasteiger partial charge in [-0.1, -0.05) is 23.7 Å². The molecule has 2 nitrogen and oxygen atoms in total. The van der Waals surface area contributed by atoms with Crippen molar-refractivity contribution in [3.05, 3.63) is 47.3 Å². The second-order valence-corrected chi connectivity index (χ2v) is 5.01. The molecule has 18 heavy (non-hydrogen) atoms. The predicted molar refractivity (Wildman–Crippen MR) is 73.3 cm³/mol. The molecular weight excluding hydrogens is 251 g/mol. The average molecular weight is 269 g/mol. The Morgan fingerprint density at radius 1 is 1.22 bits per heavy atom. The highest BCUT2D eigenvalue weighted by Gasteiger charge is 2.16. The van der Waals surface area contributed by atoms with Gasteiger partial charge in [0.25, 0.3) is 0 Å². The number of hydrogen-bond acceptors (Lipinski definition) is 2. The second kappa shape index (κ2) is 6.32. The van der Waals surface area contributed by atoms with Crippen LogP contribution >= 0.6 is 11.6 Å². The van der Waals surface area contributed by atoms with Crippen molar-refractivity contribution < 1.29 is 4.39 Å². The zero-order valence-electron chi connectivity index (χ0n) is 10.4. The molecule has 0 N–H and O–H groups in total. The van der Waals surface area contributed by atoms with Gasteiger partial charge < -0.3 is 0 Å². The molecule has 0 saturated carbocycles. The molecule has 2 rings (SSSR count). The van der Waals surface area contributed by atoms with E-state index >= 15 is 0 Å². The van der Waals surface area contributed by atoms with Crippen molar-refractivity contribution >= 4 is 11.6 Å². The third kappa shape index (κ3) is 3.55. The van der Waals surface area contributed by atoms with Gasteiger partial charge in [-0.25, -0.2) is 4.39 Å². The summed E-state index contributed by atoms with van der Waals surface area (Å²) in [5.74, 6) is -0.278. The van der Waals surface area contributed by atoms with Crippen LogP contribution in [0.4, 0.5) is 4.39 Å². The number of rotatable bonds is 4. The molecule has 1 heterocycles. The zero-order chi connectivity index (χ0) is 13.0. The molecule has 0 bridgehead atoms. The van der Waals surface area contributed by atoms with Gasteiger partial charge in [0.1, 0.15) is 5.82 Å². The van der Waals surface area contributed by atoms with Crippen molar-refractivity contribution in [1.29, 1.82) is 0 Å². The van der Waals surface area contributed by atoms with E-state index in [-0.39, 0.29) is 5.82 Å². The monoisotopic (exact) mass is 268 g/mol. The van der Waals surface area contributed by atoms with Crippen molar-refractivity contribution in [1.82, 2.24) is 9.80 Å². The first-order valence-electron chi connectivity index (χ1n) is 6.18. The molecule has 1 aliphatic rings. The summed E-state index contributed by atoms with van der Waals surface area (Å²) in [6, 6.07) is 4.62. The Bertz CT molecular complexity index is 414. The van der Waals surface area contributed by atoms with Crippen molar-refractivity contribution in [3.63, 3.8) is 0 Å². The van der Waals surface area contributed by atoms with Gasteiger partial charge in [-0.05, 0) is 17.7 Å². The van der Waals surface area contributed by atoms with Gasteiger partial charge >= 0.3 is 0 Å². The standard InChI is InChI=1S/C14H18ClFN2/c1-2-5-17-6-8-18(9-7-17)11-12-3-4-13(16)10-14(12)15/h2-4,10H,1,5-9,11H2. The molecular formula is C14H18ClFN2.